The lowest BCUT2D eigenvalue weighted by molar-refractivity contribution is -0.0383. The van der Waals surface area contributed by atoms with Crippen LogP contribution in [0.1, 0.15) is 60.3 Å². The molecule has 2 nitrogen and oxygen atoms in total. The van der Waals surface area contributed by atoms with Crippen LogP contribution in [0.5, 0.6) is 0 Å². The van der Waals surface area contributed by atoms with Gasteiger partial charge in [-0.3, -0.25) is 0 Å². The van der Waals surface area contributed by atoms with E-state index in [1.54, 1.807) is 0 Å². The van der Waals surface area contributed by atoms with Crippen molar-refractivity contribution in [3.8, 4) is 0 Å². The van der Waals surface area contributed by atoms with E-state index < -0.39 is 0 Å². The molecule has 1 rings (SSSR count). The lowest BCUT2D eigenvalue weighted by Crippen LogP contribution is -2.34. The Balaban J connectivity index is 2.10. The van der Waals surface area contributed by atoms with Gasteiger partial charge < -0.3 is 10.1 Å². The molecular weight excluding hydrogens is 222 g/mol. The van der Waals surface area contributed by atoms with Crippen molar-refractivity contribution < 1.29 is 4.74 Å². The van der Waals surface area contributed by atoms with Gasteiger partial charge in [0.2, 0.25) is 0 Å². The van der Waals surface area contributed by atoms with Crippen molar-refractivity contribution in [3.63, 3.8) is 0 Å². The molecule has 1 saturated carbocycles. The maximum absolute atomic E-state index is 6.15. The maximum Gasteiger partial charge on any atom is 0.0675 e. The quantitative estimate of drug-likeness (QED) is 0.698. The molecule has 1 aliphatic rings. The van der Waals surface area contributed by atoms with E-state index in [1.807, 2.05) is 0 Å². The van der Waals surface area contributed by atoms with Gasteiger partial charge in [0.1, 0.15) is 0 Å². The zero-order valence-electron chi connectivity index (χ0n) is 13.0. The number of ether oxygens (including phenoxy) is 1. The topological polar surface area (TPSA) is 21.3 Å². The van der Waals surface area contributed by atoms with Crippen LogP contribution in [0.2, 0.25) is 0 Å². The highest BCUT2D eigenvalue weighted by Crippen LogP contribution is 2.31. The van der Waals surface area contributed by atoms with Crippen LogP contribution in [-0.2, 0) is 4.74 Å². The first kappa shape index (κ1) is 16.0. The Bertz CT molecular complexity index is 217. The molecule has 4 atom stereocenters. The van der Waals surface area contributed by atoms with Crippen molar-refractivity contribution >= 4 is 0 Å². The monoisotopic (exact) mass is 255 g/mol. The van der Waals surface area contributed by atoms with Gasteiger partial charge in [0, 0.05) is 6.54 Å². The van der Waals surface area contributed by atoms with E-state index >= 15 is 0 Å². The number of rotatable bonds is 7. The average Bonchev–Trinajstić information content (AvgIpc) is 2.29. The van der Waals surface area contributed by atoms with Crippen LogP contribution in [0.25, 0.3) is 0 Å². The number of hydrogen-bond acceptors (Lipinski definition) is 2. The van der Waals surface area contributed by atoms with E-state index in [0.29, 0.717) is 12.2 Å². The minimum Gasteiger partial charge on any atom is -0.374 e. The first-order valence-electron chi connectivity index (χ1n) is 7.85. The smallest absolute Gasteiger partial charge is 0.0675 e. The molecule has 0 saturated heterocycles. The number of hydrogen-bond donors (Lipinski definition) is 1. The van der Waals surface area contributed by atoms with E-state index in [4.69, 9.17) is 4.74 Å². The summed E-state index contributed by atoms with van der Waals surface area (Å²) >= 11 is 0. The second-order valence-electron chi connectivity index (χ2n) is 6.72. The van der Waals surface area contributed by atoms with Crippen molar-refractivity contribution in [2.45, 2.75) is 72.5 Å². The summed E-state index contributed by atoms with van der Waals surface area (Å²) in [6, 6.07) is 0. The van der Waals surface area contributed by atoms with Crippen LogP contribution in [0.4, 0.5) is 0 Å². The second-order valence-corrected chi connectivity index (χ2v) is 6.72. The SMILES string of the molecule is CC(C)CCNCC(C)OC1CCC(C)C(C)C1. The predicted octanol–water partition coefficient (Wildman–Crippen LogP) is 3.85. The highest BCUT2D eigenvalue weighted by molar-refractivity contribution is 4.76. The fourth-order valence-electron chi connectivity index (χ4n) is 2.69. The molecule has 18 heavy (non-hydrogen) atoms. The Labute approximate surface area is 114 Å². The van der Waals surface area contributed by atoms with Crippen LogP contribution < -0.4 is 5.32 Å². The van der Waals surface area contributed by atoms with E-state index in [2.05, 4.69) is 39.9 Å². The summed E-state index contributed by atoms with van der Waals surface area (Å²) in [6.45, 7) is 13.6. The Kier molecular flexibility index (Phi) is 7.25. The van der Waals surface area contributed by atoms with Gasteiger partial charge in [0.05, 0.1) is 12.2 Å². The molecule has 4 unspecified atom stereocenters. The zero-order chi connectivity index (χ0) is 13.5. The van der Waals surface area contributed by atoms with Gasteiger partial charge in [0.15, 0.2) is 0 Å². The Morgan fingerprint density at radius 3 is 2.44 bits per heavy atom. The van der Waals surface area contributed by atoms with E-state index in [0.717, 1.165) is 30.8 Å². The first-order valence-corrected chi connectivity index (χ1v) is 7.85. The van der Waals surface area contributed by atoms with Gasteiger partial charge in [-0.15, -0.1) is 0 Å². The lowest BCUT2D eigenvalue weighted by atomic mass is 9.80. The molecule has 0 amide bonds. The summed E-state index contributed by atoms with van der Waals surface area (Å²) in [6.07, 6.45) is 5.93. The van der Waals surface area contributed by atoms with Gasteiger partial charge in [-0.1, -0.05) is 27.7 Å². The Hall–Kier alpha value is -0.0800. The van der Waals surface area contributed by atoms with Gasteiger partial charge in [-0.2, -0.15) is 0 Å². The fraction of sp³-hybridized carbons (Fsp3) is 1.00. The van der Waals surface area contributed by atoms with E-state index in [1.165, 1.54) is 25.7 Å². The minimum absolute atomic E-state index is 0.350. The van der Waals surface area contributed by atoms with E-state index in [9.17, 15) is 0 Å². The molecule has 0 radical (unpaired) electrons. The summed E-state index contributed by atoms with van der Waals surface area (Å²) in [5.74, 6) is 2.49. The summed E-state index contributed by atoms with van der Waals surface area (Å²) in [5.41, 5.74) is 0. The van der Waals surface area contributed by atoms with Crippen molar-refractivity contribution in [1.82, 2.24) is 5.32 Å². The molecule has 0 aliphatic heterocycles. The second kappa shape index (κ2) is 8.16. The van der Waals surface area contributed by atoms with Gasteiger partial charge >= 0.3 is 0 Å². The zero-order valence-corrected chi connectivity index (χ0v) is 13.0. The largest absolute Gasteiger partial charge is 0.374 e. The third-order valence-corrected chi connectivity index (χ3v) is 4.31. The molecule has 0 aromatic carbocycles. The van der Waals surface area contributed by atoms with Crippen molar-refractivity contribution in [2.24, 2.45) is 17.8 Å². The Morgan fingerprint density at radius 1 is 1.11 bits per heavy atom. The lowest BCUT2D eigenvalue weighted by Gasteiger charge is -2.33. The van der Waals surface area contributed by atoms with Crippen LogP contribution in [0.15, 0.2) is 0 Å². The van der Waals surface area contributed by atoms with Crippen LogP contribution in [0, 0.1) is 17.8 Å². The molecule has 0 aromatic rings. The first-order chi connectivity index (χ1) is 8.49. The molecule has 0 bridgehead atoms. The van der Waals surface area contributed by atoms with Gasteiger partial charge in [-0.25, -0.2) is 0 Å². The van der Waals surface area contributed by atoms with Crippen LogP contribution in [-0.4, -0.2) is 25.3 Å². The molecule has 1 fully saturated rings. The third-order valence-electron chi connectivity index (χ3n) is 4.31. The molecule has 1 aliphatic carbocycles. The van der Waals surface area contributed by atoms with E-state index in [-0.39, 0.29) is 0 Å². The standard InChI is InChI=1S/C16H33NO/c1-12(2)8-9-17-11-15(5)18-16-7-6-13(3)14(4)10-16/h12-17H,6-11H2,1-5H3. The summed E-state index contributed by atoms with van der Waals surface area (Å²) < 4.78 is 6.15. The average molecular weight is 255 g/mol. The maximum atomic E-state index is 6.15. The molecule has 1 N–H and O–H groups in total. The minimum atomic E-state index is 0.350. The molecule has 108 valence electrons. The summed E-state index contributed by atoms with van der Waals surface area (Å²) in [5, 5.41) is 3.50. The van der Waals surface area contributed by atoms with Gasteiger partial charge in [-0.05, 0) is 56.9 Å². The van der Waals surface area contributed by atoms with Crippen LogP contribution in [0.3, 0.4) is 0 Å². The van der Waals surface area contributed by atoms with Gasteiger partial charge in [0.25, 0.3) is 0 Å². The molecule has 2 heteroatoms. The summed E-state index contributed by atoms with van der Waals surface area (Å²) in [4.78, 5) is 0. The van der Waals surface area contributed by atoms with Crippen molar-refractivity contribution in [3.05, 3.63) is 0 Å². The highest BCUT2D eigenvalue weighted by Gasteiger charge is 2.25. The van der Waals surface area contributed by atoms with Crippen LogP contribution >= 0.6 is 0 Å². The normalized spacial score (nSPS) is 30.7. The Morgan fingerprint density at radius 2 is 1.83 bits per heavy atom. The van der Waals surface area contributed by atoms with Crippen molar-refractivity contribution in [2.75, 3.05) is 13.1 Å². The molecular formula is C16H33NO. The molecule has 0 aromatic heterocycles. The predicted molar refractivity (Wildman–Crippen MR) is 78.8 cm³/mol. The molecule has 0 heterocycles. The fourth-order valence-corrected chi connectivity index (χ4v) is 2.69. The van der Waals surface area contributed by atoms with Crippen molar-refractivity contribution in [1.29, 1.82) is 0 Å². The summed E-state index contributed by atoms with van der Waals surface area (Å²) in [7, 11) is 0. The highest BCUT2D eigenvalue weighted by atomic mass is 16.5. The molecule has 0 spiro atoms. The third kappa shape index (κ3) is 6.19. The number of nitrogens with one attached hydrogen (secondary N) is 1.